The fourth-order valence-corrected chi connectivity index (χ4v) is 3.13. The van der Waals surface area contributed by atoms with Gasteiger partial charge >= 0.3 is 17.9 Å². The van der Waals surface area contributed by atoms with E-state index in [1.807, 2.05) is 6.92 Å². The smallest absolute Gasteiger partial charge is 0.343 e. The van der Waals surface area contributed by atoms with Crippen LogP contribution >= 0.6 is 0 Å². The summed E-state index contributed by atoms with van der Waals surface area (Å²) in [4.78, 5) is 35.6. The molecule has 0 radical (unpaired) electrons. The van der Waals surface area contributed by atoms with E-state index in [4.69, 9.17) is 14.2 Å². The van der Waals surface area contributed by atoms with E-state index < -0.39 is 11.9 Å². The Morgan fingerprint density at radius 2 is 1.45 bits per heavy atom. The number of carbonyl (C=O) groups excluding carboxylic acids is 3. The molecule has 0 fully saturated rings. The Morgan fingerprint density at radius 1 is 0.848 bits per heavy atom. The van der Waals surface area contributed by atoms with Crippen LogP contribution in [0, 0.1) is 0 Å². The first-order valence-corrected chi connectivity index (χ1v) is 11.3. The summed E-state index contributed by atoms with van der Waals surface area (Å²) in [6, 6.07) is 12.9. The highest BCUT2D eigenvalue weighted by Crippen LogP contribution is 2.19. The van der Waals surface area contributed by atoms with Gasteiger partial charge in [0.2, 0.25) is 0 Å². The SMILES string of the molecule is CCCCCC[C@@H](C)OC(=O)C(C)=Cc1ccc(OC(=O)c2ccc(OC(C)=O)cc2)cc1. The highest BCUT2D eigenvalue weighted by Gasteiger charge is 2.12. The van der Waals surface area contributed by atoms with Gasteiger partial charge in [-0.25, -0.2) is 9.59 Å². The molecule has 2 aromatic rings. The lowest BCUT2D eigenvalue weighted by Gasteiger charge is -2.13. The number of esters is 3. The van der Waals surface area contributed by atoms with Crippen molar-refractivity contribution in [1.29, 1.82) is 0 Å². The van der Waals surface area contributed by atoms with Crippen molar-refractivity contribution in [2.45, 2.75) is 65.9 Å². The Balaban J connectivity index is 1.89. The molecule has 0 bridgehead atoms. The lowest BCUT2D eigenvalue weighted by Crippen LogP contribution is -2.15. The molecule has 0 aromatic heterocycles. The third-order valence-corrected chi connectivity index (χ3v) is 4.92. The van der Waals surface area contributed by atoms with Crippen molar-refractivity contribution in [2.75, 3.05) is 0 Å². The Labute approximate surface area is 195 Å². The van der Waals surface area contributed by atoms with Gasteiger partial charge in [0, 0.05) is 12.5 Å². The summed E-state index contributed by atoms with van der Waals surface area (Å²) in [5.74, 6) is -0.553. The van der Waals surface area contributed by atoms with Crippen molar-refractivity contribution in [3.05, 3.63) is 65.2 Å². The lowest BCUT2D eigenvalue weighted by atomic mass is 10.1. The van der Waals surface area contributed by atoms with Crippen LogP contribution in [0.2, 0.25) is 0 Å². The predicted molar refractivity (Wildman–Crippen MR) is 127 cm³/mol. The summed E-state index contributed by atoms with van der Waals surface area (Å²) in [5, 5.41) is 0. The van der Waals surface area contributed by atoms with E-state index in [1.165, 1.54) is 44.0 Å². The van der Waals surface area contributed by atoms with E-state index in [-0.39, 0.29) is 12.1 Å². The topological polar surface area (TPSA) is 78.9 Å². The zero-order chi connectivity index (χ0) is 24.2. The molecular weight excluding hydrogens is 420 g/mol. The van der Waals surface area contributed by atoms with Crippen molar-refractivity contribution >= 4 is 24.0 Å². The van der Waals surface area contributed by atoms with Gasteiger partial charge in [0.25, 0.3) is 0 Å². The minimum absolute atomic E-state index is 0.109. The number of ether oxygens (including phenoxy) is 3. The van der Waals surface area contributed by atoms with E-state index >= 15 is 0 Å². The molecule has 0 amide bonds. The summed E-state index contributed by atoms with van der Waals surface area (Å²) in [5.41, 5.74) is 1.64. The maximum absolute atomic E-state index is 12.3. The summed E-state index contributed by atoms with van der Waals surface area (Å²) < 4.78 is 15.8. The normalized spacial score (nSPS) is 12.1. The highest BCUT2D eigenvalue weighted by molar-refractivity contribution is 5.93. The highest BCUT2D eigenvalue weighted by atomic mass is 16.5. The summed E-state index contributed by atoms with van der Waals surface area (Å²) >= 11 is 0. The monoisotopic (exact) mass is 452 g/mol. The largest absolute Gasteiger partial charge is 0.459 e. The molecule has 0 aliphatic heterocycles. The standard InChI is InChI=1S/C27H32O6/c1-5-6-7-8-9-20(3)31-26(29)19(2)18-22-10-14-25(15-11-22)33-27(30)23-12-16-24(17-13-23)32-21(4)28/h10-18,20H,5-9H2,1-4H3/t20-/m1/s1. The third-order valence-electron chi connectivity index (χ3n) is 4.92. The van der Waals surface area contributed by atoms with Crippen molar-refractivity contribution in [2.24, 2.45) is 0 Å². The van der Waals surface area contributed by atoms with Gasteiger partial charge in [0.15, 0.2) is 0 Å². The van der Waals surface area contributed by atoms with Gasteiger partial charge in [0.1, 0.15) is 11.5 Å². The molecule has 1 atom stereocenters. The lowest BCUT2D eigenvalue weighted by molar-refractivity contribution is -0.143. The van der Waals surface area contributed by atoms with Gasteiger partial charge in [-0.05, 0) is 74.7 Å². The second-order valence-electron chi connectivity index (χ2n) is 7.97. The Hall–Kier alpha value is -3.41. The second-order valence-corrected chi connectivity index (χ2v) is 7.97. The van der Waals surface area contributed by atoms with Crippen molar-refractivity contribution < 1.29 is 28.6 Å². The summed E-state index contributed by atoms with van der Waals surface area (Å²) in [7, 11) is 0. The van der Waals surface area contributed by atoms with Crippen LogP contribution < -0.4 is 9.47 Å². The van der Waals surface area contributed by atoms with Crippen LogP contribution in [-0.4, -0.2) is 24.0 Å². The van der Waals surface area contributed by atoms with Crippen LogP contribution in [0.15, 0.2) is 54.1 Å². The van der Waals surface area contributed by atoms with Crippen molar-refractivity contribution in [3.8, 4) is 11.5 Å². The molecule has 2 rings (SSSR count). The number of carbonyl (C=O) groups is 3. The first kappa shape index (κ1) is 25.8. The molecule has 0 spiro atoms. The molecular formula is C27H32O6. The van der Waals surface area contributed by atoms with Crippen molar-refractivity contribution in [1.82, 2.24) is 0 Å². The number of rotatable bonds is 11. The van der Waals surface area contributed by atoms with Crippen LogP contribution in [0.1, 0.15) is 75.7 Å². The van der Waals surface area contributed by atoms with Crippen LogP contribution in [-0.2, 0) is 14.3 Å². The van der Waals surface area contributed by atoms with Crippen LogP contribution in [0.3, 0.4) is 0 Å². The van der Waals surface area contributed by atoms with E-state index in [0.717, 1.165) is 24.8 Å². The molecule has 33 heavy (non-hydrogen) atoms. The number of hydrogen-bond donors (Lipinski definition) is 0. The Bertz CT molecular complexity index is 957. The molecule has 0 aliphatic carbocycles. The molecule has 0 aliphatic rings. The molecule has 0 N–H and O–H groups in total. The van der Waals surface area contributed by atoms with E-state index in [2.05, 4.69) is 6.92 Å². The van der Waals surface area contributed by atoms with Gasteiger partial charge in [-0.3, -0.25) is 4.79 Å². The summed E-state index contributed by atoms with van der Waals surface area (Å²) in [6.45, 7) is 7.12. The first-order chi connectivity index (χ1) is 15.8. The maximum atomic E-state index is 12.3. The Morgan fingerprint density at radius 3 is 2.06 bits per heavy atom. The fraction of sp³-hybridized carbons (Fsp3) is 0.370. The van der Waals surface area contributed by atoms with Gasteiger partial charge in [-0.1, -0.05) is 38.3 Å². The van der Waals surface area contributed by atoms with Crippen LogP contribution in [0.4, 0.5) is 0 Å². The van der Waals surface area contributed by atoms with Crippen molar-refractivity contribution in [3.63, 3.8) is 0 Å². The molecule has 2 aromatic carbocycles. The quantitative estimate of drug-likeness (QED) is 0.176. The van der Waals surface area contributed by atoms with Gasteiger partial charge in [-0.2, -0.15) is 0 Å². The zero-order valence-electron chi connectivity index (χ0n) is 19.8. The van der Waals surface area contributed by atoms with Crippen LogP contribution in [0.25, 0.3) is 6.08 Å². The molecule has 0 unspecified atom stereocenters. The molecule has 0 heterocycles. The van der Waals surface area contributed by atoms with Crippen LogP contribution in [0.5, 0.6) is 11.5 Å². The average Bonchev–Trinajstić information content (AvgIpc) is 2.78. The number of hydrogen-bond acceptors (Lipinski definition) is 6. The molecule has 6 heteroatoms. The molecule has 176 valence electrons. The van der Waals surface area contributed by atoms with E-state index in [1.54, 1.807) is 37.3 Å². The van der Waals surface area contributed by atoms with E-state index in [0.29, 0.717) is 22.6 Å². The minimum atomic E-state index is -0.527. The fourth-order valence-electron chi connectivity index (χ4n) is 3.13. The molecule has 0 saturated heterocycles. The number of unbranched alkanes of at least 4 members (excludes halogenated alkanes) is 3. The maximum Gasteiger partial charge on any atom is 0.343 e. The predicted octanol–water partition coefficient (Wildman–Crippen LogP) is 6.14. The first-order valence-electron chi connectivity index (χ1n) is 11.3. The zero-order valence-corrected chi connectivity index (χ0v) is 19.8. The Kier molecular flexibility index (Phi) is 10.3. The van der Waals surface area contributed by atoms with Gasteiger partial charge in [0.05, 0.1) is 11.7 Å². The van der Waals surface area contributed by atoms with E-state index in [9.17, 15) is 14.4 Å². The molecule has 6 nitrogen and oxygen atoms in total. The second kappa shape index (κ2) is 13.2. The third kappa shape index (κ3) is 9.31. The van der Waals surface area contributed by atoms with Gasteiger partial charge < -0.3 is 14.2 Å². The van der Waals surface area contributed by atoms with Gasteiger partial charge in [-0.15, -0.1) is 0 Å². The molecule has 0 saturated carbocycles. The summed E-state index contributed by atoms with van der Waals surface area (Å²) in [6.07, 6.45) is 7.09. The average molecular weight is 453 g/mol. The number of benzene rings is 2. The minimum Gasteiger partial charge on any atom is -0.459 e.